The number of Topliss-reactive ketones (excluding diaryl/α,β-unsaturated/α-hetero) is 1. The summed E-state index contributed by atoms with van der Waals surface area (Å²) in [4.78, 5) is 36.2. The summed E-state index contributed by atoms with van der Waals surface area (Å²) in [5.74, 6) is -0.436. The summed E-state index contributed by atoms with van der Waals surface area (Å²) in [6.45, 7) is 1.44. The molecule has 1 aliphatic carbocycles. The molecule has 0 radical (unpaired) electrons. The van der Waals surface area contributed by atoms with E-state index in [1.807, 2.05) is 0 Å². The molecule has 1 heterocycles. The first-order valence-corrected chi connectivity index (χ1v) is 8.00. The van der Waals surface area contributed by atoms with Crippen LogP contribution in [0.4, 0.5) is 10.5 Å². The highest BCUT2D eigenvalue weighted by molar-refractivity contribution is 6.23. The van der Waals surface area contributed by atoms with Crippen LogP contribution >= 0.6 is 0 Å². The number of ether oxygens (including phenoxy) is 1. The maximum Gasteiger partial charge on any atom is 0.412 e. The van der Waals surface area contributed by atoms with E-state index in [0.717, 1.165) is 5.56 Å². The van der Waals surface area contributed by atoms with Crippen LogP contribution in [0.1, 0.15) is 39.0 Å². The van der Waals surface area contributed by atoms with Crippen molar-refractivity contribution in [2.24, 2.45) is 7.05 Å². The number of ketones is 2. The van der Waals surface area contributed by atoms with Gasteiger partial charge in [-0.15, -0.1) is 0 Å². The lowest BCUT2D eigenvalue weighted by atomic mass is 9.96. The fraction of sp³-hybridized carbons (Fsp3) is 0.211. The minimum absolute atomic E-state index is 0.0747. The highest BCUT2D eigenvalue weighted by Crippen LogP contribution is 2.24. The molecule has 7 heteroatoms. The molecule has 0 saturated heterocycles. The molecule has 2 aromatic rings. The number of benzene rings is 1. The van der Waals surface area contributed by atoms with E-state index in [9.17, 15) is 14.4 Å². The highest BCUT2D eigenvalue weighted by atomic mass is 16.5. The lowest BCUT2D eigenvalue weighted by Gasteiger charge is -2.11. The van der Waals surface area contributed by atoms with E-state index in [2.05, 4.69) is 5.32 Å². The van der Waals surface area contributed by atoms with Gasteiger partial charge >= 0.3 is 6.09 Å². The molecule has 0 saturated carbocycles. The maximum atomic E-state index is 12.2. The van der Waals surface area contributed by atoms with Crippen LogP contribution in [0.2, 0.25) is 0 Å². The van der Waals surface area contributed by atoms with Crippen LogP contribution in [0.5, 0.6) is 0 Å². The molecule has 1 aliphatic rings. The molecule has 1 aromatic carbocycles. The summed E-state index contributed by atoms with van der Waals surface area (Å²) >= 11 is 0. The van der Waals surface area contributed by atoms with Crippen LogP contribution in [-0.2, 0) is 25.0 Å². The third-order valence-corrected chi connectivity index (χ3v) is 4.25. The second-order valence-corrected chi connectivity index (χ2v) is 6.03. The Morgan fingerprint density at radius 1 is 1.23 bits per heavy atom. The summed E-state index contributed by atoms with van der Waals surface area (Å²) in [6.07, 6.45) is 0.658. The number of anilines is 1. The molecule has 0 spiro atoms. The summed E-state index contributed by atoms with van der Waals surface area (Å²) < 4.78 is 6.76. The monoisotopic (exact) mass is 354 g/mol. The topological polar surface area (TPSA) is 97.6 Å². The van der Waals surface area contributed by atoms with Crippen molar-refractivity contribution in [3.63, 3.8) is 0 Å². The number of fused-ring (bicyclic) bond motifs is 1. The number of carbonyl (C=O) groups is 3. The van der Waals surface area contributed by atoms with E-state index in [0.29, 0.717) is 28.2 Å². The van der Waals surface area contributed by atoms with Gasteiger partial charge in [0.1, 0.15) is 12.3 Å². The molecule has 134 valence electrons. The number of allylic oxidation sites excluding steroid dienone is 2. The van der Waals surface area contributed by atoms with Gasteiger partial charge in [0.15, 0.2) is 5.78 Å². The van der Waals surface area contributed by atoms with E-state index in [1.165, 1.54) is 6.08 Å². The quantitative estimate of drug-likeness (QED) is 0.879. The van der Waals surface area contributed by atoms with Gasteiger partial charge in [-0.05, 0) is 36.8 Å². The van der Waals surface area contributed by atoms with Gasteiger partial charge in [-0.1, -0.05) is 12.1 Å². The van der Waals surface area contributed by atoms with Crippen molar-refractivity contribution in [1.82, 2.24) is 4.57 Å². The Bertz CT molecular complexity index is 922. The maximum absolute atomic E-state index is 12.2. The molecule has 1 amide bonds. The molecule has 0 fully saturated rings. The Balaban J connectivity index is 1.68. The Kier molecular flexibility index (Phi) is 4.73. The van der Waals surface area contributed by atoms with Gasteiger partial charge in [0.25, 0.3) is 0 Å². The Hall–Kier alpha value is -3.19. The zero-order valence-electron chi connectivity index (χ0n) is 14.4. The number of hydrogen-bond acceptors (Lipinski definition) is 5. The van der Waals surface area contributed by atoms with Crippen molar-refractivity contribution >= 4 is 23.3 Å². The first-order valence-electron chi connectivity index (χ1n) is 8.00. The largest absolute Gasteiger partial charge is 0.443 e. The van der Waals surface area contributed by atoms with Crippen LogP contribution in [0.15, 0.2) is 42.0 Å². The lowest BCUT2D eigenvalue weighted by molar-refractivity contribution is 0.0980. The average Bonchev–Trinajstić information content (AvgIpc) is 2.96. The minimum Gasteiger partial charge on any atom is -0.443 e. The third kappa shape index (κ3) is 3.29. The van der Waals surface area contributed by atoms with Gasteiger partial charge < -0.3 is 14.4 Å². The van der Waals surface area contributed by atoms with Crippen molar-refractivity contribution in [3.05, 3.63) is 64.5 Å². The first-order chi connectivity index (χ1) is 12.4. The number of nitrogens with one attached hydrogen (secondary N) is 1. The van der Waals surface area contributed by atoms with Crippen molar-refractivity contribution in [3.8, 4) is 0 Å². The predicted molar refractivity (Wildman–Crippen MR) is 94.0 cm³/mol. The van der Waals surface area contributed by atoms with E-state index in [-0.39, 0.29) is 24.8 Å². The number of nitrogens with zero attached hydrogens (tertiary/aromatic N) is 1. The SMILES string of the molecule is CC1=CC(=O)c2c(cc(COC(=O)Nc3ccc(CO)cc3)n2C)C1=O. The summed E-state index contributed by atoms with van der Waals surface area (Å²) in [5, 5.41) is 11.6. The first kappa shape index (κ1) is 17.6. The number of rotatable bonds is 4. The second-order valence-electron chi connectivity index (χ2n) is 6.03. The van der Waals surface area contributed by atoms with Gasteiger partial charge in [-0.25, -0.2) is 4.79 Å². The number of amides is 1. The molecular weight excluding hydrogens is 336 g/mol. The van der Waals surface area contributed by atoms with Crippen molar-refractivity contribution in [2.45, 2.75) is 20.1 Å². The number of carbonyl (C=O) groups excluding carboxylic acids is 3. The van der Waals surface area contributed by atoms with E-state index in [4.69, 9.17) is 9.84 Å². The Morgan fingerprint density at radius 2 is 1.92 bits per heavy atom. The third-order valence-electron chi connectivity index (χ3n) is 4.25. The van der Waals surface area contributed by atoms with Crippen molar-refractivity contribution in [2.75, 3.05) is 5.32 Å². The van der Waals surface area contributed by atoms with Gasteiger partial charge in [-0.3, -0.25) is 14.9 Å². The number of hydrogen-bond donors (Lipinski definition) is 2. The molecule has 1 aromatic heterocycles. The van der Waals surface area contributed by atoms with Crippen LogP contribution in [0, 0.1) is 0 Å². The summed E-state index contributed by atoms with van der Waals surface area (Å²) in [6, 6.07) is 8.26. The normalized spacial score (nSPS) is 13.3. The van der Waals surface area contributed by atoms with E-state index >= 15 is 0 Å². The fourth-order valence-corrected chi connectivity index (χ4v) is 2.80. The molecule has 2 N–H and O–H groups in total. The number of aliphatic hydroxyl groups excluding tert-OH is 1. The van der Waals surface area contributed by atoms with Crippen LogP contribution in [0.25, 0.3) is 0 Å². The molecular formula is C19H18N2O5. The van der Waals surface area contributed by atoms with Crippen LogP contribution in [0.3, 0.4) is 0 Å². The second kappa shape index (κ2) is 6.97. The molecule has 0 aliphatic heterocycles. The van der Waals surface area contributed by atoms with Gasteiger partial charge in [0, 0.05) is 18.3 Å². The van der Waals surface area contributed by atoms with Crippen LogP contribution < -0.4 is 5.32 Å². The number of aliphatic hydroxyl groups is 1. The molecule has 26 heavy (non-hydrogen) atoms. The number of aromatic nitrogens is 1. The Morgan fingerprint density at radius 3 is 2.58 bits per heavy atom. The molecule has 0 atom stereocenters. The summed E-state index contributed by atoms with van der Waals surface area (Å²) in [5.41, 5.74) is 2.84. The fourth-order valence-electron chi connectivity index (χ4n) is 2.80. The van der Waals surface area contributed by atoms with Gasteiger partial charge in [0.2, 0.25) is 5.78 Å². The lowest BCUT2D eigenvalue weighted by Crippen LogP contribution is -2.17. The molecule has 0 bridgehead atoms. The molecule has 0 unspecified atom stereocenters. The van der Waals surface area contributed by atoms with Gasteiger partial charge in [-0.2, -0.15) is 0 Å². The zero-order chi connectivity index (χ0) is 18.8. The molecule has 7 nitrogen and oxygen atoms in total. The summed E-state index contributed by atoms with van der Waals surface area (Å²) in [7, 11) is 1.66. The predicted octanol–water partition coefficient (Wildman–Crippen LogP) is 2.59. The standard InChI is InChI=1S/C19H18N2O5/c1-11-7-16(23)17-15(18(11)24)8-14(21(17)2)10-26-19(25)20-13-5-3-12(9-22)4-6-13/h3-8,22H,9-10H2,1-2H3,(H,20,25). The minimum atomic E-state index is -0.659. The van der Waals surface area contributed by atoms with E-state index < -0.39 is 6.09 Å². The highest BCUT2D eigenvalue weighted by Gasteiger charge is 2.28. The van der Waals surface area contributed by atoms with E-state index in [1.54, 1.807) is 48.9 Å². The van der Waals surface area contributed by atoms with Crippen molar-refractivity contribution < 1.29 is 24.2 Å². The van der Waals surface area contributed by atoms with Crippen LogP contribution in [-0.4, -0.2) is 27.3 Å². The van der Waals surface area contributed by atoms with Gasteiger partial charge in [0.05, 0.1) is 17.9 Å². The smallest absolute Gasteiger partial charge is 0.412 e. The van der Waals surface area contributed by atoms with Crippen molar-refractivity contribution in [1.29, 1.82) is 0 Å². The Labute approximate surface area is 149 Å². The zero-order valence-corrected chi connectivity index (χ0v) is 14.4. The molecule has 3 rings (SSSR count). The average molecular weight is 354 g/mol.